The van der Waals surface area contributed by atoms with E-state index in [1.54, 1.807) is 7.05 Å². The molecule has 2 amide bonds. The number of carbonyl (C=O) groups excluding carboxylic acids is 2. The van der Waals surface area contributed by atoms with E-state index in [9.17, 15) is 9.59 Å². The minimum Gasteiger partial charge on any atom is -0.411 e. The fourth-order valence-corrected chi connectivity index (χ4v) is 2.72. The van der Waals surface area contributed by atoms with Gasteiger partial charge < -0.3 is 14.6 Å². The lowest BCUT2D eigenvalue weighted by molar-refractivity contribution is -0.132. The van der Waals surface area contributed by atoms with Crippen LogP contribution in [0.5, 0.6) is 0 Å². The Morgan fingerprint density at radius 1 is 1.32 bits per heavy atom. The van der Waals surface area contributed by atoms with Crippen molar-refractivity contribution in [2.24, 2.45) is 0 Å². The highest BCUT2D eigenvalue weighted by Crippen LogP contribution is 2.23. The Morgan fingerprint density at radius 3 is 2.84 bits per heavy atom. The zero-order chi connectivity index (χ0) is 18.2. The Bertz CT molecular complexity index is 732. The van der Waals surface area contributed by atoms with E-state index in [0.717, 1.165) is 29.3 Å². The van der Waals surface area contributed by atoms with Crippen LogP contribution >= 0.6 is 11.8 Å². The van der Waals surface area contributed by atoms with Crippen molar-refractivity contribution in [2.45, 2.75) is 25.5 Å². The molecule has 1 heterocycles. The maximum Gasteiger partial charge on any atom is 0.277 e. The second-order valence-corrected chi connectivity index (χ2v) is 6.56. The molecule has 8 heteroatoms. The van der Waals surface area contributed by atoms with Crippen LogP contribution in [0.4, 0.5) is 0 Å². The molecule has 0 saturated carbocycles. The molecule has 0 aliphatic carbocycles. The number of hydrogen-bond donors (Lipinski definition) is 1. The van der Waals surface area contributed by atoms with Gasteiger partial charge in [0.05, 0.1) is 12.3 Å². The molecule has 7 nitrogen and oxygen atoms in total. The Hall–Kier alpha value is -2.35. The summed E-state index contributed by atoms with van der Waals surface area (Å²) in [6.07, 6.45) is 0.861. The van der Waals surface area contributed by atoms with Crippen LogP contribution in [0.2, 0.25) is 0 Å². The zero-order valence-electron chi connectivity index (χ0n) is 14.6. The molecule has 0 fully saturated rings. The third-order valence-corrected chi connectivity index (χ3v) is 4.17. The maximum absolute atomic E-state index is 12.1. The lowest BCUT2D eigenvalue weighted by Crippen LogP contribution is -2.39. The highest BCUT2D eigenvalue weighted by Gasteiger charge is 2.15. The van der Waals surface area contributed by atoms with Crippen LogP contribution in [0.1, 0.15) is 18.9 Å². The summed E-state index contributed by atoms with van der Waals surface area (Å²) in [5.74, 6) is 0.215. The predicted octanol–water partition coefficient (Wildman–Crippen LogP) is 2.12. The van der Waals surface area contributed by atoms with Crippen molar-refractivity contribution in [3.63, 3.8) is 0 Å². The monoisotopic (exact) mass is 362 g/mol. The molecule has 0 unspecified atom stereocenters. The molecule has 1 N–H and O–H groups in total. The third-order valence-electron chi connectivity index (χ3n) is 3.37. The maximum atomic E-state index is 12.1. The van der Waals surface area contributed by atoms with Crippen molar-refractivity contribution in [1.29, 1.82) is 0 Å². The first-order chi connectivity index (χ1) is 12.0. The lowest BCUT2D eigenvalue weighted by atomic mass is 10.1. The standard InChI is InChI=1S/C17H22N4O3S/c1-4-8-18-14(22)10-21(3)15(23)11-25-17-20-19-16(24-17)13-7-5-6-12(2)9-13/h5-7,9H,4,8,10-11H2,1-3H3,(H,18,22). The average Bonchev–Trinajstić information content (AvgIpc) is 3.06. The Labute approximate surface area is 151 Å². The quantitative estimate of drug-likeness (QED) is 0.724. The molecule has 0 bridgehead atoms. The summed E-state index contributed by atoms with van der Waals surface area (Å²) in [6.45, 7) is 4.61. The minimum atomic E-state index is -0.174. The first-order valence-corrected chi connectivity index (χ1v) is 9.02. The number of likely N-dealkylation sites (N-methyl/N-ethyl adjacent to an activating group) is 1. The third kappa shape index (κ3) is 5.90. The molecule has 25 heavy (non-hydrogen) atoms. The van der Waals surface area contributed by atoms with Crippen molar-refractivity contribution < 1.29 is 14.0 Å². The van der Waals surface area contributed by atoms with E-state index in [1.165, 1.54) is 4.90 Å². The highest BCUT2D eigenvalue weighted by molar-refractivity contribution is 7.99. The van der Waals surface area contributed by atoms with Crippen molar-refractivity contribution in [3.05, 3.63) is 29.8 Å². The van der Waals surface area contributed by atoms with Crippen LogP contribution < -0.4 is 5.32 Å². The van der Waals surface area contributed by atoms with Crippen LogP contribution in [-0.4, -0.2) is 52.8 Å². The number of aromatic nitrogens is 2. The topological polar surface area (TPSA) is 88.3 Å². The SMILES string of the molecule is CCCNC(=O)CN(C)C(=O)CSc1nnc(-c2cccc(C)c2)o1. The number of hydrogen-bond acceptors (Lipinski definition) is 6. The van der Waals surface area contributed by atoms with Gasteiger partial charge in [-0.2, -0.15) is 0 Å². The molecule has 0 aliphatic rings. The van der Waals surface area contributed by atoms with Gasteiger partial charge >= 0.3 is 0 Å². The number of nitrogens with one attached hydrogen (secondary N) is 1. The first-order valence-electron chi connectivity index (χ1n) is 8.03. The predicted molar refractivity (Wildman–Crippen MR) is 96.1 cm³/mol. The van der Waals surface area contributed by atoms with Crippen LogP contribution in [-0.2, 0) is 9.59 Å². The molecular weight excluding hydrogens is 340 g/mol. The second kappa shape index (κ2) is 9.22. The van der Waals surface area contributed by atoms with Gasteiger partial charge in [0.15, 0.2) is 0 Å². The summed E-state index contributed by atoms with van der Waals surface area (Å²) in [5.41, 5.74) is 1.94. The van der Waals surface area contributed by atoms with Crippen LogP contribution in [0, 0.1) is 6.92 Å². The number of nitrogens with zero attached hydrogens (tertiary/aromatic N) is 3. The number of carbonyl (C=O) groups is 2. The molecule has 2 aromatic rings. The van der Waals surface area contributed by atoms with Gasteiger partial charge in [-0.15, -0.1) is 10.2 Å². The van der Waals surface area contributed by atoms with Gasteiger partial charge in [0.1, 0.15) is 0 Å². The molecule has 0 aliphatic heterocycles. The molecule has 0 radical (unpaired) electrons. The van der Waals surface area contributed by atoms with Crippen LogP contribution in [0.25, 0.3) is 11.5 Å². The molecule has 134 valence electrons. The van der Waals surface area contributed by atoms with E-state index in [4.69, 9.17) is 4.42 Å². The molecular formula is C17H22N4O3S. The fraction of sp³-hybridized carbons (Fsp3) is 0.412. The molecule has 1 aromatic carbocycles. The average molecular weight is 362 g/mol. The first kappa shape index (κ1) is 19.0. The smallest absolute Gasteiger partial charge is 0.277 e. The largest absolute Gasteiger partial charge is 0.411 e. The normalized spacial score (nSPS) is 10.5. The number of rotatable bonds is 8. The zero-order valence-corrected chi connectivity index (χ0v) is 15.4. The van der Waals surface area contributed by atoms with E-state index in [0.29, 0.717) is 17.7 Å². The van der Waals surface area contributed by atoms with E-state index in [1.807, 2.05) is 38.1 Å². The van der Waals surface area contributed by atoms with Crippen LogP contribution in [0.3, 0.4) is 0 Å². The van der Waals surface area contributed by atoms with Crippen molar-refractivity contribution >= 4 is 23.6 Å². The Balaban J connectivity index is 1.85. The highest BCUT2D eigenvalue weighted by atomic mass is 32.2. The number of benzene rings is 1. The second-order valence-electron chi connectivity index (χ2n) is 5.63. The van der Waals surface area contributed by atoms with E-state index in [2.05, 4.69) is 15.5 Å². The van der Waals surface area contributed by atoms with Gasteiger partial charge in [0.25, 0.3) is 5.22 Å². The summed E-state index contributed by atoms with van der Waals surface area (Å²) < 4.78 is 5.58. The van der Waals surface area contributed by atoms with Gasteiger partial charge in [-0.05, 0) is 25.5 Å². The van der Waals surface area contributed by atoms with E-state index in [-0.39, 0.29) is 24.1 Å². The minimum absolute atomic E-state index is 0.0395. The van der Waals surface area contributed by atoms with Gasteiger partial charge in [-0.3, -0.25) is 9.59 Å². The van der Waals surface area contributed by atoms with Crippen LogP contribution in [0.15, 0.2) is 33.9 Å². The molecule has 0 spiro atoms. The van der Waals surface area contributed by atoms with Crippen molar-refractivity contribution in [3.8, 4) is 11.5 Å². The summed E-state index contributed by atoms with van der Waals surface area (Å²) in [5, 5.41) is 11.0. The number of aryl methyl sites for hydroxylation is 1. The Kier molecular flexibility index (Phi) is 7.00. The van der Waals surface area contributed by atoms with E-state index < -0.39 is 0 Å². The summed E-state index contributed by atoms with van der Waals surface area (Å²) in [6, 6.07) is 7.75. The summed E-state index contributed by atoms with van der Waals surface area (Å²) >= 11 is 1.16. The van der Waals surface area contributed by atoms with Gasteiger partial charge in [0, 0.05) is 19.2 Å². The molecule has 0 atom stereocenters. The fourth-order valence-electron chi connectivity index (χ4n) is 2.02. The number of thioether (sulfide) groups is 1. The molecule has 2 rings (SSSR count). The van der Waals surface area contributed by atoms with Crippen molar-refractivity contribution in [1.82, 2.24) is 20.4 Å². The number of amides is 2. The van der Waals surface area contributed by atoms with Gasteiger partial charge in [-0.25, -0.2) is 0 Å². The van der Waals surface area contributed by atoms with Gasteiger partial charge in [0.2, 0.25) is 17.7 Å². The lowest BCUT2D eigenvalue weighted by Gasteiger charge is -2.15. The Morgan fingerprint density at radius 2 is 2.12 bits per heavy atom. The van der Waals surface area contributed by atoms with Gasteiger partial charge in [-0.1, -0.05) is 36.4 Å². The summed E-state index contributed by atoms with van der Waals surface area (Å²) in [7, 11) is 1.60. The molecule has 1 aromatic heterocycles. The van der Waals surface area contributed by atoms with E-state index >= 15 is 0 Å². The van der Waals surface area contributed by atoms with Crippen molar-refractivity contribution in [2.75, 3.05) is 25.9 Å². The molecule has 0 saturated heterocycles. The summed E-state index contributed by atoms with van der Waals surface area (Å²) in [4.78, 5) is 25.1.